The minimum atomic E-state index is -2.01. The maximum atomic E-state index is 13.7. The van der Waals surface area contributed by atoms with E-state index in [0.717, 1.165) is 3.57 Å². The van der Waals surface area contributed by atoms with Crippen LogP contribution in [0, 0.1) is 18.5 Å². The first-order valence-electron chi connectivity index (χ1n) is 12.5. The summed E-state index contributed by atoms with van der Waals surface area (Å²) in [5, 5.41) is 0.303. The standard InChI is InChI=1S/C27H42ClI2NO5Si/c1-12-34-25(33)18(14-31-20(26(4,5)6)15-35-37(10,11)27(7,8)9)23(32)17-13-19(29)24(36-16(2)3)22(30)21(17)28/h13-14,16,18,20H,12,15H2,1-11H3/t18?,20-/m1/s1. The van der Waals surface area contributed by atoms with Gasteiger partial charge in [-0.1, -0.05) is 53.1 Å². The minimum absolute atomic E-state index is 0.0538. The van der Waals surface area contributed by atoms with Gasteiger partial charge in [0.25, 0.3) is 0 Å². The van der Waals surface area contributed by atoms with Crippen molar-refractivity contribution in [3.8, 4) is 5.75 Å². The Morgan fingerprint density at radius 1 is 1.14 bits per heavy atom. The molecule has 0 amide bonds. The molecule has 1 rings (SSSR count). The SMILES string of the molecule is CCOC(=O)C(C=N[C@H](CO[Si](C)(C)C(C)(C)C)C(C)(C)C)C(=O)c1cc(I)c(OC(C)C)c(I)c1Cl. The zero-order valence-corrected chi connectivity index (χ0v) is 30.0. The molecule has 37 heavy (non-hydrogen) atoms. The Labute approximate surface area is 256 Å². The lowest BCUT2D eigenvalue weighted by Crippen LogP contribution is -2.44. The fraction of sp³-hybridized carbons (Fsp3) is 0.667. The number of rotatable bonds is 11. The number of benzene rings is 1. The van der Waals surface area contributed by atoms with Gasteiger partial charge in [-0.25, -0.2) is 0 Å². The molecule has 0 saturated heterocycles. The van der Waals surface area contributed by atoms with E-state index in [1.54, 1.807) is 13.0 Å². The van der Waals surface area contributed by atoms with Gasteiger partial charge >= 0.3 is 5.97 Å². The van der Waals surface area contributed by atoms with Crippen LogP contribution in [-0.2, 0) is 14.0 Å². The summed E-state index contributed by atoms with van der Waals surface area (Å²) < 4.78 is 19.0. The molecule has 10 heteroatoms. The lowest BCUT2D eigenvalue weighted by Gasteiger charge is -2.38. The Hall–Kier alpha value is -0.243. The van der Waals surface area contributed by atoms with Gasteiger partial charge in [-0.15, -0.1) is 0 Å². The first kappa shape index (κ1) is 34.8. The highest BCUT2D eigenvalue weighted by molar-refractivity contribution is 14.1. The van der Waals surface area contributed by atoms with Crippen molar-refractivity contribution in [3.05, 3.63) is 23.8 Å². The molecule has 1 unspecified atom stereocenters. The Balaban J connectivity index is 3.44. The number of nitrogens with zero attached hydrogens (tertiary/aromatic N) is 1. The van der Waals surface area contributed by atoms with Gasteiger partial charge in [-0.3, -0.25) is 14.6 Å². The summed E-state index contributed by atoms with van der Waals surface area (Å²) in [5.41, 5.74) is -0.0137. The van der Waals surface area contributed by atoms with Gasteiger partial charge < -0.3 is 13.9 Å². The van der Waals surface area contributed by atoms with Gasteiger partial charge in [0, 0.05) is 11.8 Å². The van der Waals surface area contributed by atoms with Crippen molar-refractivity contribution in [2.24, 2.45) is 16.3 Å². The van der Waals surface area contributed by atoms with Gasteiger partial charge in [0.15, 0.2) is 20.0 Å². The number of carbonyl (C=O) groups is 2. The Bertz CT molecular complexity index is 1000. The predicted molar refractivity (Wildman–Crippen MR) is 172 cm³/mol. The number of carbonyl (C=O) groups excluding carboxylic acids is 2. The lowest BCUT2D eigenvalue weighted by molar-refractivity contribution is -0.144. The van der Waals surface area contributed by atoms with E-state index >= 15 is 0 Å². The van der Waals surface area contributed by atoms with E-state index in [2.05, 4.69) is 99.8 Å². The van der Waals surface area contributed by atoms with E-state index in [1.165, 1.54) is 6.21 Å². The highest BCUT2D eigenvalue weighted by atomic mass is 127. The largest absolute Gasteiger partial charge is 0.489 e. The van der Waals surface area contributed by atoms with Crippen molar-refractivity contribution in [3.63, 3.8) is 0 Å². The van der Waals surface area contributed by atoms with Crippen LogP contribution in [-0.4, -0.2) is 51.6 Å². The number of esters is 1. The number of hydrogen-bond donors (Lipinski definition) is 0. The quantitative estimate of drug-likeness (QED) is 0.0431. The molecule has 0 heterocycles. The molecule has 0 aliphatic rings. The summed E-state index contributed by atoms with van der Waals surface area (Å²) in [6.45, 7) is 23.3. The second-order valence-electron chi connectivity index (χ2n) is 11.9. The number of ether oxygens (including phenoxy) is 2. The van der Waals surface area contributed by atoms with Gasteiger partial charge in [0.1, 0.15) is 5.75 Å². The van der Waals surface area contributed by atoms with E-state index in [4.69, 9.17) is 30.5 Å². The molecule has 210 valence electrons. The topological polar surface area (TPSA) is 74.2 Å². The van der Waals surface area contributed by atoms with E-state index < -0.39 is 26.0 Å². The molecule has 0 bridgehead atoms. The summed E-state index contributed by atoms with van der Waals surface area (Å²) in [6.07, 6.45) is 1.36. The molecule has 0 aliphatic carbocycles. The number of Topliss-reactive ketones (excluding diaryl/α,β-unsaturated/α-hetero) is 1. The fourth-order valence-electron chi connectivity index (χ4n) is 2.95. The van der Waals surface area contributed by atoms with Crippen molar-refractivity contribution in [1.82, 2.24) is 0 Å². The minimum Gasteiger partial charge on any atom is -0.489 e. The predicted octanol–water partition coefficient (Wildman–Crippen LogP) is 8.21. The molecular formula is C27H42ClI2NO5Si. The molecule has 1 aromatic carbocycles. The number of halogens is 3. The third kappa shape index (κ3) is 9.72. The van der Waals surface area contributed by atoms with Crippen molar-refractivity contribution < 1.29 is 23.5 Å². The monoisotopic (exact) mass is 777 g/mol. The summed E-state index contributed by atoms with van der Waals surface area (Å²) in [7, 11) is -2.01. The highest BCUT2D eigenvalue weighted by Crippen LogP contribution is 2.38. The van der Waals surface area contributed by atoms with E-state index in [1.807, 2.05) is 13.8 Å². The van der Waals surface area contributed by atoms with Crippen LogP contribution in [0.25, 0.3) is 0 Å². The number of hydrogen-bond acceptors (Lipinski definition) is 6. The van der Waals surface area contributed by atoms with Gasteiger partial charge in [-0.2, -0.15) is 0 Å². The van der Waals surface area contributed by atoms with Crippen LogP contribution in [0.3, 0.4) is 0 Å². The van der Waals surface area contributed by atoms with Crippen molar-refractivity contribution in [2.45, 2.75) is 92.6 Å². The lowest BCUT2D eigenvalue weighted by atomic mass is 9.87. The zero-order valence-electron chi connectivity index (χ0n) is 23.9. The molecular weight excluding hydrogens is 736 g/mol. The van der Waals surface area contributed by atoms with Crippen LogP contribution in [0.15, 0.2) is 11.1 Å². The van der Waals surface area contributed by atoms with Crippen LogP contribution in [0.2, 0.25) is 23.2 Å². The maximum Gasteiger partial charge on any atom is 0.322 e. The Morgan fingerprint density at radius 2 is 1.70 bits per heavy atom. The maximum absolute atomic E-state index is 13.7. The van der Waals surface area contributed by atoms with Crippen LogP contribution in [0.5, 0.6) is 5.75 Å². The molecule has 0 aliphatic heterocycles. The summed E-state index contributed by atoms with van der Waals surface area (Å²) in [6, 6.07) is 1.40. The molecule has 0 fully saturated rings. The summed E-state index contributed by atoms with van der Waals surface area (Å²) in [5.74, 6) is -1.72. The number of ketones is 1. The molecule has 0 N–H and O–H groups in total. The van der Waals surface area contributed by atoms with E-state index in [-0.39, 0.29) is 39.8 Å². The molecule has 2 atom stereocenters. The molecule has 6 nitrogen and oxygen atoms in total. The third-order valence-corrected chi connectivity index (χ3v) is 13.4. The normalized spacial score (nSPS) is 14.7. The molecule has 0 saturated carbocycles. The first-order valence-corrected chi connectivity index (χ1v) is 17.9. The Morgan fingerprint density at radius 3 is 2.16 bits per heavy atom. The second kappa shape index (κ2) is 13.9. The van der Waals surface area contributed by atoms with Crippen molar-refractivity contribution in [1.29, 1.82) is 0 Å². The summed E-state index contributed by atoms with van der Waals surface area (Å²) in [4.78, 5) is 31.4. The highest BCUT2D eigenvalue weighted by Gasteiger charge is 2.39. The Kier molecular flexibility index (Phi) is 13.1. The van der Waals surface area contributed by atoms with E-state index in [0.29, 0.717) is 15.9 Å². The number of aliphatic imine (C=N–C) groups is 1. The average Bonchev–Trinajstić information content (AvgIpc) is 2.74. The smallest absolute Gasteiger partial charge is 0.322 e. The summed E-state index contributed by atoms with van der Waals surface area (Å²) >= 11 is 10.8. The molecule has 0 spiro atoms. The van der Waals surface area contributed by atoms with Crippen LogP contribution in [0.4, 0.5) is 0 Å². The van der Waals surface area contributed by atoms with Gasteiger partial charge in [-0.05, 0) is 95.6 Å². The molecule has 0 radical (unpaired) electrons. The first-order chi connectivity index (χ1) is 16.7. The zero-order chi connectivity index (χ0) is 28.9. The molecule has 0 aromatic heterocycles. The fourth-order valence-corrected chi connectivity index (χ4v) is 6.12. The van der Waals surface area contributed by atoms with Crippen molar-refractivity contribution >= 4 is 83.1 Å². The van der Waals surface area contributed by atoms with Crippen LogP contribution >= 0.6 is 56.8 Å². The average molecular weight is 778 g/mol. The molecule has 1 aromatic rings. The third-order valence-electron chi connectivity index (χ3n) is 6.38. The van der Waals surface area contributed by atoms with Crippen molar-refractivity contribution in [2.75, 3.05) is 13.2 Å². The van der Waals surface area contributed by atoms with Gasteiger partial charge in [0.05, 0.1) is 37.5 Å². The second-order valence-corrected chi connectivity index (χ2v) is 19.3. The van der Waals surface area contributed by atoms with E-state index in [9.17, 15) is 9.59 Å². The van der Waals surface area contributed by atoms with Crippen LogP contribution in [0.1, 0.15) is 72.7 Å². The van der Waals surface area contributed by atoms with Gasteiger partial charge in [0.2, 0.25) is 0 Å². The van der Waals surface area contributed by atoms with Crippen LogP contribution < -0.4 is 4.74 Å².